The minimum absolute atomic E-state index is 0.0141. The number of nitrogens with zero attached hydrogens (tertiary/aromatic N) is 3. The molecule has 0 bridgehead atoms. The van der Waals surface area contributed by atoms with E-state index >= 15 is 0 Å². The smallest absolute Gasteiger partial charge is 0.410 e. The molecule has 2 N–H and O–H groups in total. The number of hydrogen-bond donors (Lipinski definition) is 2. The summed E-state index contributed by atoms with van der Waals surface area (Å²) in [6, 6.07) is 12.2. The summed E-state index contributed by atoms with van der Waals surface area (Å²) in [5.74, 6) is -0.318. The summed E-state index contributed by atoms with van der Waals surface area (Å²) in [6.45, 7) is 3.39. The van der Waals surface area contributed by atoms with E-state index in [-0.39, 0.29) is 24.3 Å². The van der Waals surface area contributed by atoms with Crippen LogP contribution in [0.3, 0.4) is 0 Å². The van der Waals surface area contributed by atoms with Crippen molar-refractivity contribution in [3.63, 3.8) is 0 Å². The van der Waals surface area contributed by atoms with E-state index in [1.165, 1.54) is 0 Å². The van der Waals surface area contributed by atoms with E-state index in [1.807, 2.05) is 61.9 Å². The molecule has 3 amide bonds. The zero-order valence-corrected chi connectivity index (χ0v) is 23.8. The molecule has 2 aliphatic heterocycles. The third-order valence-electron chi connectivity index (χ3n) is 7.48. The molecular weight excluding hydrogens is 514 g/mol. The highest BCUT2D eigenvalue weighted by Gasteiger charge is 2.44. The van der Waals surface area contributed by atoms with Crippen molar-refractivity contribution < 1.29 is 19.1 Å². The number of carbonyl (C=O) groups excluding carboxylic acids is 3. The fourth-order valence-electron chi connectivity index (χ4n) is 5.47. The maximum Gasteiger partial charge on any atom is 0.410 e. The molecule has 10 heteroatoms. The number of hydrogen-bond acceptors (Lipinski definition) is 7. The zero-order valence-electron chi connectivity index (χ0n) is 23.0. The molecule has 2 fully saturated rings. The van der Waals surface area contributed by atoms with Gasteiger partial charge < -0.3 is 25.2 Å². The normalized spacial score (nSPS) is 21.6. The number of benzene rings is 1. The molecule has 0 unspecified atom stereocenters. The van der Waals surface area contributed by atoms with Gasteiger partial charge in [0, 0.05) is 31.1 Å². The van der Waals surface area contributed by atoms with Gasteiger partial charge in [-0.1, -0.05) is 36.4 Å². The molecule has 2 aliphatic rings. The molecule has 39 heavy (non-hydrogen) atoms. The second-order valence-corrected chi connectivity index (χ2v) is 11.6. The molecule has 0 saturated carbocycles. The van der Waals surface area contributed by atoms with Crippen LogP contribution in [0.5, 0.6) is 0 Å². The highest BCUT2D eigenvalue weighted by Crippen LogP contribution is 2.31. The lowest BCUT2D eigenvalue weighted by Gasteiger charge is -2.44. The fourth-order valence-corrected chi connectivity index (χ4v) is 6.11. The Kier molecular flexibility index (Phi) is 10.8. The molecule has 0 radical (unpaired) electrons. The third-order valence-corrected chi connectivity index (χ3v) is 8.35. The van der Waals surface area contributed by atoms with E-state index < -0.39 is 18.2 Å². The number of likely N-dealkylation sites (tertiary alicyclic amines) is 1. The Morgan fingerprint density at radius 1 is 1.10 bits per heavy atom. The third kappa shape index (κ3) is 8.03. The molecule has 0 aliphatic carbocycles. The quantitative estimate of drug-likeness (QED) is 0.468. The van der Waals surface area contributed by atoms with E-state index in [9.17, 15) is 14.4 Å². The summed E-state index contributed by atoms with van der Waals surface area (Å²) in [7, 11) is 4.08. The Morgan fingerprint density at radius 3 is 2.67 bits per heavy atom. The van der Waals surface area contributed by atoms with Gasteiger partial charge in [-0.25, -0.2) is 4.79 Å². The van der Waals surface area contributed by atoms with Gasteiger partial charge in [-0.2, -0.15) is 0 Å². The number of piperidine rings is 1. The summed E-state index contributed by atoms with van der Waals surface area (Å²) in [6.07, 6.45) is 2.99. The van der Waals surface area contributed by atoms with Gasteiger partial charge in [-0.15, -0.1) is 11.3 Å². The van der Waals surface area contributed by atoms with Gasteiger partial charge in [-0.3, -0.25) is 14.5 Å². The molecule has 2 saturated heterocycles. The van der Waals surface area contributed by atoms with Crippen LogP contribution in [-0.2, 0) is 27.5 Å². The maximum absolute atomic E-state index is 14.3. The number of piperazine rings is 1. The summed E-state index contributed by atoms with van der Waals surface area (Å²) >= 11 is 1.59. The minimum Gasteiger partial charge on any atom is -0.445 e. The van der Waals surface area contributed by atoms with Gasteiger partial charge in [0.15, 0.2) is 0 Å². The Hall–Kier alpha value is -2.95. The average molecular weight is 556 g/mol. The molecule has 3 atom stereocenters. The first-order valence-electron chi connectivity index (χ1n) is 13.9. The zero-order chi connectivity index (χ0) is 27.6. The van der Waals surface area contributed by atoms with Crippen LogP contribution in [0.4, 0.5) is 4.79 Å². The second-order valence-electron chi connectivity index (χ2n) is 10.6. The monoisotopic (exact) mass is 555 g/mol. The van der Waals surface area contributed by atoms with Crippen LogP contribution in [0.2, 0.25) is 0 Å². The van der Waals surface area contributed by atoms with Crippen molar-refractivity contribution in [2.75, 3.05) is 46.8 Å². The van der Waals surface area contributed by atoms with E-state index in [4.69, 9.17) is 4.74 Å². The lowest BCUT2D eigenvalue weighted by molar-refractivity contribution is -0.148. The molecule has 3 heterocycles. The topological polar surface area (TPSA) is 94.2 Å². The molecule has 9 nitrogen and oxygen atoms in total. The highest BCUT2D eigenvalue weighted by atomic mass is 32.1. The van der Waals surface area contributed by atoms with E-state index in [0.717, 1.165) is 42.7 Å². The molecule has 0 spiro atoms. The Labute approximate surface area is 235 Å². The summed E-state index contributed by atoms with van der Waals surface area (Å²) in [5.41, 5.74) is 0.901. The maximum atomic E-state index is 14.3. The standard InChI is InChI=1S/C29H41N5O4S/c1-32(2)15-6-11-23-12-7-16-34(29(37)38-21-22-9-4-3-5-10-22)26(23)28(36)33-17-14-30-20-25(33)27(35)31-19-24-13-8-18-39-24/h3-5,8-10,13,18,23,25-26,30H,6-7,11-12,14-17,19-21H2,1-2H3,(H,31,35)/t23-,25-,26+/m0/s1. The van der Waals surface area contributed by atoms with E-state index in [0.29, 0.717) is 32.7 Å². The van der Waals surface area contributed by atoms with Crippen molar-refractivity contribution in [1.82, 2.24) is 25.3 Å². The lowest BCUT2D eigenvalue weighted by Crippen LogP contribution is -2.65. The first kappa shape index (κ1) is 29.0. The predicted octanol–water partition coefficient (Wildman–Crippen LogP) is 2.92. The van der Waals surface area contributed by atoms with Crippen molar-refractivity contribution in [1.29, 1.82) is 0 Å². The van der Waals surface area contributed by atoms with Crippen molar-refractivity contribution in [2.24, 2.45) is 5.92 Å². The van der Waals surface area contributed by atoms with Crippen LogP contribution in [-0.4, -0.2) is 91.5 Å². The summed E-state index contributed by atoms with van der Waals surface area (Å²) in [4.78, 5) is 47.4. The average Bonchev–Trinajstić information content (AvgIpc) is 3.48. The minimum atomic E-state index is -0.644. The SMILES string of the molecule is CN(C)CCC[C@H]1CCCN(C(=O)OCc2ccccc2)[C@H]1C(=O)N1CCNC[C@H]1C(=O)NCc1cccs1. The van der Waals surface area contributed by atoms with Crippen molar-refractivity contribution in [2.45, 2.75) is 50.9 Å². The summed E-state index contributed by atoms with van der Waals surface area (Å²) in [5, 5.41) is 8.24. The first-order valence-corrected chi connectivity index (χ1v) is 14.8. The van der Waals surface area contributed by atoms with Gasteiger partial charge in [0.05, 0.1) is 6.54 Å². The molecule has 212 valence electrons. The van der Waals surface area contributed by atoms with Crippen LogP contribution >= 0.6 is 11.3 Å². The summed E-state index contributed by atoms with van der Waals surface area (Å²) < 4.78 is 5.70. The molecule has 1 aromatic carbocycles. The Bertz CT molecular complexity index is 1060. The molecule has 1 aromatic heterocycles. The number of carbonyl (C=O) groups is 3. The van der Waals surface area contributed by atoms with Gasteiger partial charge in [0.1, 0.15) is 18.7 Å². The van der Waals surface area contributed by atoms with E-state index in [2.05, 4.69) is 15.5 Å². The number of amides is 3. The molecule has 2 aromatic rings. The second kappa shape index (κ2) is 14.4. The Morgan fingerprint density at radius 2 is 1.92 bits per heavy atom. The largest absolute Gasteiger partial charge is 0.445 e. The van der Waals surface area contributed by atoms with Gasteiger partial charge in [0.2, 0.25) is 11.8 Å². The molecule has 4 rings (SSSR count). The van der Waals surface area contributed by atoms with Crippen molar-refractivity contribution >= 4 is 29.2 Å². The predicted molar refractivity (Wildman–Crippen MR) is 152 cm³/mol. The number of rotatable bonds is 10. The van der Waals surface area contributed by atoms with E-state index in [1.54, 1.807) is 21.1 Å². The first-order chi connectivity index (χ1) is 18.9. The van der Waals surface area contributed by atoms with Crippen LogP contribution in [0.25, 0.3) is 0 Å². The highest BCUT2D eigenvalue weighted by molar-refractivity contribution is 7.09. The van der Waals surface area contributed by atoms with Gasteiger partial charge >= 0.3 is 6.09 Å². The van der Waals surface area contributed by atoms with Gasteiger partial charge in [-0.05, 0) is 69.3 Å². The fraction of sp³-hybridized carbons (Fsp3) is 0.552. The number of nitrogens with one attached hydrogen (secondary N) is 2. The van der Waals surface area contributed by atoms with Crippen LogP contribution in [0.15, 0.2) is 47.8 Å². The van der Waals surface area contributed by atoms with Gasteiger partial charge in [0.25, 0.3) is 0 Å². The van der Waals surface area contributed by atoms with Crippen LogP contribution < -0.4 is 10.6 Å². The van der Waals surface area contributed by atoms with Crippen molar-refractivity contribution in [3.8, 4) is 0 Å². The molecular formula is C29H41N5O4S. The Balaban J connectivity index is 1.50. The van der Waals surface area contributed by atoms with Crippen LogP contribution in [0, 0.1) is 5.92 Å². The van der Waals surface area contributed by atoms with Crippen LogP contribution in [0.1, 0.15) is 36.1 Å². The number of ether oxygens (including phenoxy) is 1. The lowest BCUT2D eigenvalue weighted by atomic mass is 9.84. The van der Waals surface area contributed by atoms with Crippen molar-refractivity contribution in [3.05, 3.63) is 58.3 Å². The number of thiophene rings is 1.